The summed E-state index contributed by atoms with van der Waals surface area (Å²) in [5, 5.41) is 8.03. The second-order valence-electron chi connectivity index (χ2n) is 2.82. The highest BCUT2D eigenvalue weighted by atomic mass is 15.2. The van der Waals surface area contributed by atoms with Gasteiger partial charge in [-0.15, -0.1) is 0 Å². The Hall–Kier alpha value is -0.400. The van der Waals surface area contributed by atoms with E-state index < -0.39 is 0 Å². The second kappa shape index (κ2) is 2.09. The van der Waals surface area contributed by atoms with Crippen molar-refractivity contribution in [2.75, 3.05) is 0 Å². The van der Waals surface area contributed by atoms with Crippen LogP contribution in [-0.2, 0) is 0 Å². The lowest BCUT2D eigenvalue weighted by Crippen LogP contribution is -2.19. The van der Waals surface area contributed by atoms with Crippen molar-refractivity contribution >= 4 is 0 Å². The first-order chi connectivity index (χ1) is 4.47. The summed E-state index contributed by atoms with van der Waals surface area (Å²) in [6.07, 6.45) is 6.55. The number of rotatable bonds is 0. The lowest BCUT2D eigenvalue weighted by molar-refractivity contribution is 0.489. The van der Waals surface area contributed by atoms with Gasteiger partial charge in [0, 0.05) is 0 Å². The predicted octanol–water partition coefficient (Wildman–Crippen LogP) is 2.32. The second-order valence-corrected chi connectivity index (χ2v) is 2.82. The highest BCUT2D eigenvalue weighted by Gasteiger charge is 2.30. The van der Waals surface area contributed by atoms with Crippen LogP contribution in [0.25, 0.3) is 0 Å². The third kappa shape index (κ3) is 0.865. The van der Waals surface area contributed by atoms with Crippen LogP contribution in [-0.4, -0.2) is 6.04 Å². The largest absolute Gasteiger partial charge is 0.187 e. The molecule has 2 nitrogen and oxygen atoms in total. The van der Waals surface area contributed by atoms with E-state index in [4.69, 9.17) is 0 Å². The first-order valence-electron chi connectivity index (χ1n) is 3.73. The third-order valence-electron chi connectivity index (χ3n) is 2.12. The molecule has 1 aliphatic carbocycles. The van der Waals surface area contributed by atoms with E-state index in [-0.39, 0.29) is 0 Å². The zero-order valence-electron chi connectivity index (χ0n) is 5.51. The molecule has 0 aromatic carbocycles. The summed E-state index contributed by atoms with van der Waals surface area (Å²) in [7, 11) is 0. The Bertz CT molecular complexity index is 117. The molecule has 1 heterocycles. The predicted molar refractivity (Wildman–Crippen MR) is 35.0 cm³/mol. The molecule has 0 N–H and O–H groups in total. The monoisotopic (exact) mass is 123 g/mol. The van der Waals surface area contributed by atoms with Gasteiger partial charge in [0.2, 0.25) is 0 Å². The van der Waals surface area contributed by atoms with Crippen LogP contribution in [0.2, 0.25) is 0 Å². The number of hydrogen-bond donors (Lipinski definition) is 0. The molecule has 0 aromatic heterocycles. The fraction of sp³-hybridized carbons (Fsp3) is 0.857. The van der Waals surface area contributed by atoms with Crippen molar-refractivity contribution in [2.45, 2.75) is 38.1 Å². The van der Waals surface area contributed by atoms with Crippen LogP contribution in [0.5, 0.6) is 0 Å². The van der Waals surface area contributed by atoms with E-state index in [2.05, 4.69) is 10.2 Å². The Balaban J connectivity index is 1.99. The van der Waals surface area contributed by atoms with Gasteiger partial charge in [0.1, 0.15) is 12.1 Å². The van der Waals surface area contributed by atoms with Gasteiger partial charge >= 0.3 is 0 Å². The fourth-order valence-corrected chi connectivity index (χ4v) is 1.48. The minimum atomic E-state index is 0.549. The van der Waals surface area contributed by atoms with Crippen LogP contribution in [0, 0.1) is 6.04 Å². The van der Waals surface area contributed by atoms with Crippen LogP contribution >= 0.6 is 0 Å². The summed E-state index contributed by atoms with van der Waals surface area (Å²) in [6, 6.07) is 1.92. The van der Waals surface area contributed by atoms with Crippen LogP contribution in [0.3, 0.4) is 0 Å². The molecular formula is C7H11N2. The Morgan fingerprint density at radius 3 is 3.00 bits per heavy atom. The molecule has 1 atom stereocenters. The highest BCUT2D eigenvalue weighted by Crippen LogP contribution is 2.35. The molecular weight excluding hydrogens is 112 g/mol. The molecule has 1 radical (unpaired) electrons. The quantitative estimate of drug-likeness (QED) is 0.472. The average molecular weight is 123 g/mol. The molecule has 1 aliphatic heterocycles. The lowest BCUT2D eigenvalue weighted by Gasteiger charge is -2.21. The van der Waals surface area contributed by atoms with E-state index in [1.54, 1.807) is 0 Å². The standard InChI is InChI=1S/C7H11N2/c1-2-4-6-7(5-3-1)9-8-6/h6H,1-5H2. The van der Waals surface area contributed by atoms with Gasteiger partial charge in [-0.05, 0) is 12.8 Å². The average Bonchev–Trinajstić information content (AvgIpc) is 1.94. The zero-order valence-corrected chi connectivity index (χ0v) is 5.51. The van der Waals surface area contributed by atoms with Crippen molar-refractivity contribution in [3.8, 4) is 0 Å². The first kappa shape index (κ1) is 5.39. The van der Waals surface area contributed by atoms with E-state index in [1.165, 1.54) is 38.1 Å². The van der Waals surface area contributed by atoms with E-state index >= 15 is 0 Å². The molecule has 1 saturated carbocycles. The van der Waals surface area contributed by atoms with Crippen molar-refractivity contribution in [1.82, 2.24) is 0 Å². The molecule has 49 valence electrons. The SMILES string of the molecule is C1CC[C]2N=NC2CC1. The summed E-state index contributed by atoms with van der Waals surface area (Å²) in [5.74, 6) is 0. The number of hydrogen-bond acceptors (Lipinski definition) is 2. The fourth-order valence-electron chi connectivity index (χ4n) is 1.48. The van der Waals surface area contributed by atoms with Gasteiger partial charge in [-0.1, -0.05) is 19.3 Å². The van der Waals surface area contributed by atoms with Gasteiger partial charge in [0.05, 0.1) is 0 Å². The van der Waals surface area contributed by atoms with Crippen molar-refractivity contribution in [3.63, 3.8) is 0 Å². The summed E-state index contributed by atoms with van der Waals surface area (Å²) >= 11 is 0. The molecule has 0 spiro atoms. The molecule has 2 aliphatic rings. The Kier molecular flexibility index (Phi) is 1.25. The third-order valence-corrected chi connectivity index (χ3v) is 2.12. The molecule has 0 bridgehead atoms. The molecule has 0 amide bonds. The van der Waals surface area contributed by atoms with Crippen molar-refractivity contribution in [3.05, 3.63) is 6.04 Å². The van der Waals surface area contributed by atoms with Crippen LogP contribution in [0.4, 0.5) is 0 Å². The summed E-state index contributed by atoms with van der Waals surface area (Å²) in [6.45, 7) is 0. The Morgan fingerprint density at radius 2 is 2.22 bits per heavy atom. The number of azo groups is 1. The Morgan fingerprint density at radius 1 is 1.22 bits per heavy atom. The van der Waals surface area contributed by atoms with Crippen LogP contribution in [0.1, 0.15) is 32.1 Å². The molecule has 0 saturated heterocycles. The first-order valence-corrected chi connectivity index (χ1v) is 3.73. The van der Waals surface area contributed by atoms with E-state index in [0.717, 1.165) is 0 Å². The smallest absolute Gasteiger partial charge is 0.134 e. The molecule has 0 aromatic rings. The molecule has 9 heavy (non-hydrogen) atoms. The maximum atomic E-state index is 4.04. The van der Waals surface area contributed by atoms with Crippen molar-refractivity contribution in [2.24, 2.45) is 10.2 Å². The van der Waals surface area contributed by atoms with Gasteiger partial charge in [-0.3, -0.25) is 0 Å². The molecule has 2 rings (SSSR count). The molecule has 1 unspecified atom stereocenters. The van der Waals surface area contributed by atoms with Gasteiger partial charge < -0.3 is 0 Å². The van der Waals surface area contributed by atoms with Crippen LogP contribution in [0.15, 0.2) is 10.2 Å². The molecule has 1 fully saturated rings. The van der Waals surface area contributed by atoms with E-state index in [0.29, 0.717) is 6.04 Å². The zero-order chi connectivity index (χ0) is 6.10. The van der Waals surface area contributed by atoms with Gasteiger partial charge in [-0.25, -0.2) is 0 Å². The van der Waals surface area contributed by atoms with Crippen molar-refractivity contribution < 1.29 is 0 Å². The van der Waals surface area contributed by atoms with E-state index in [1.807, 2.05) is 0 Å². The van der Waals surface area contributed by atoms with Gasteiger partial charge in [-0.2, -0.15) is 10.2 Å². The van der Waals surface area contributed by atoms with Gasteiger partial charge in [0.15, 0.2) is 0 Å². The summed E-state index contributed by atoms with van der Waals surface area (Å²) < 4.78 is 0. The molecule has 2 heteroatoms. The highest BCUT2D eigenvalue weighted by molar-refractivity contribution is 5.05. The van der Waals surface area contributed by atoms with Crippen molar-refractivity contribution in [1.29, 1.82) is 0 Å². The normalized spacial score (nSPS) is 34.9. The van der Waals surface area contributed by atoms with E-state index in [9.17, 15) is 0 Å². The topological polar surface area (TPSA) is 24.7 Å². The Labute approximate surface area is 55.4 Å². The van der Waals surface area contributed by atoms with Gasteiger partial charge in [0.25, 0.3) is 0 Å². The lowest BCUT2D eigenvalue weighted by atomic mass is 10.0. The maximum Gasteiger partial charge on any atom is 0.134 e. The van der Waals surface area contributed by atoms with Crippen LogP contribution < -0.4 is 0 Å². The minimum Gasteiger partial charge on any atom is -0.187 e. The summed E-state index contributed by atoms with van der Waals surface area (Å²) in [5.41, 5.74) is 0. The maximum absolute atomic E-state index is 4.04. The number of nitrogens with zero attached hydrogens (tertiary/aromatic N) is 2. The summed E-state index contributed by atoms with van der Waals surface area (Å²) in [4.78, 5) is 0. The number of fused-ring (bicyclic) bond motifs is 1. The minimum absolute atomic E-state index is 0.549.